The normalized spacial score (nSPS) is 10.6. The summed E-state index contributed by atoms with van der Waals surface area (Å²) in [4.78, 5) is 12.6. The number of anilines is 1. The second kappa shape index (κ2) is 7.74. The lowest BCUT2D eigenvalue weighted by Gasteiger charge is -2.10. The zero-order valence-corrected chi connectivity index (χ0v) is 14.9. The van der Waals surface area contributed by atoms with Gasteiger partial charge >= 0.3 is 0 Å². The van der Waals surface area contributed by atoms with Crippen LogP contribution in [0.3, 0.4) is 0 Å². The monoisotopic (exact) mass is 352 g/mol. The Morgan fingerprint density at radius 3 is 2.31 bits per heavy atom. The number of carbonyl (C=O) groups excluding carboxylic acids is 1. The van der Waals surface area contributed by atoms with Gasteiger partial charge in [-0.2, -0.15) is 0 Å². The summed E-state index contributed by atoms with van der Waals surface area (Å²) in [6.07, 6.45) is 1.50. The molecule has 26 heavy (non-hydrogen) atoms. The van der Waals surface area contributed by atoms with Crippen molar-refractivity contribution < 1.29 is 18.8 Å². The summed E-state index contributed by atoms with van der Waals surface area (Å²) in [5.41, 5.74) is 1.76. The fraction of sp³-hybridized carbons (Fsp3) is 0.200. The Kier molecular flexibility index (Phi) is 5.22. The van der Waals surface area contributed by atoms with Gasteiger partial charge < -0.3 is 19.3 Å². The van der Waals surface area contributed by atoms with Crippen molar-refractivity contribution in [1.82, 2.24) is 5.16 Å². The van der Waals surface area contributed by atoms with E-state index in [4.69, 9.17) is 14.0 Å². The van der Waals surface area contributed by atoms with E-state index < -0.39 is 0 Å². The number of amides is 1. The standard InChI is InChI=1S/C20H20N2O4/c1-13(2)25-17-10-6-15(7-11-17)22-20(23)18-12-21-26-19(18)14-4-8-16(24-3)9-5-14/h4-13H,1-3H3,(H,22,23). The largest absolute Gasteiger partial charge is 0.497 e. The molecule has 0 fully saturated rings. The quantitative estimate of drug-likeness (QED) is 0.712. The van der Waals surface area contributed by atoms with Crippen LogP contribution in [0.1, 0.15) is 24.2 Å². The highest BCUT2D eigenvalue weighted by Gasteiger charge is 2.18. The molecule has 0 radical (unpaired) electrons. The number of ether oxygens (including phenoxy) is 2. The Hall–Kier alpha value is -3.28. The van der Waals surface area contributed by atoms with Crippen molar-refractivity contribution in [3.05, 3.63) is 60.3 Å². The van der Waals surface area contributed by atoms with Crippen LogP contribution in [0.25, 0.3) is 11.3 Å². The number of nitrogens with zero attached hydrogens (tertiary/aromatic N) is 1. The Balaban J connectivity index is 1.75. The van der Waals surface area contributed by atoms with Gasteiger partial charge in [-0.15, -0.1) is 0 Å². The molecular formula is C20H20N2O4. The highest BCUT2D eigenvalue weighted by Crippen LogP contribution is 2.26. The average molecular weight is 352 g/mol. The van der Waals surface area contributed by atoms with Gasteiger partial charge in [-0.05, 0) is 62.4 Å². The maximum atomic E-state index is 12.6. The van der Waals surface area contributed by atoms with E-state index in [1.807, 2.05) is 38.1 Å². The number of nitrogens with one attached hydrogen (secondary N) is 1. The predicted molar refractivity (Wildman–Crippen MR) is 98.7 cm³/mol. The molecule has 1 heterocycles. The second-order valence-corrected chi connectivity index (χ2v) is 5.94. The Morgan fingerprint density at radius 2 is 1.69 bits per heavy atom. The Morgan fingerprint density at radius 1 is 1.04 bits per heavy atom. The highest BCUT2D eigenvalue weighted by atomic mass is 16.5. The minimum atomic E-state index is -0.297. The minimum absolute atomic E-state index is 0.0968. The molecular weight excluding hydrogens is 332 g/mol. The molecule has 0 aliphatic rings. The number of hydrogen-bond acceptors (Lipinski definition) is 5. The first kappa shape index (κ1) is 17.5. The van der Waals surface area contributed by atoms with Gasteiger partial charge in [-0.1, -0.05) is 5.16 Å². The van der Waals surface area contributed by atoms with Crippen molar-refractivity contribution in [3.8, 4) is 22.8 Å². The molecule has 1 aromatic heterocycles. The fourth-order valence-corrected chi connectivity index (χ4v) is 2.44. The summed E-state index contributed by atoms with van der Waals surface area (Å²) in [5.74, 6) is 1.59. The van der Waals surface area contributed by atoms with Crippen molar-refractivity contribution in [2.24, 2.45) is 0 Å². The number of hydrogen-bond donors (Lipinski definition) is 1. The summed E-state index contributed by atoms with van der Waals surface area (Å²) >= 11 is 0. The molecule has 2 aromatic carbocycles. The molecule has 0 spiro atoms. The predicted octanol–water partition coefficient (Wildman–Crippen LogP) is 4.39. The molecule has 0 saturated carbocycles. The van der Waals surface area contributed by atoms with Gasteiger partial charge in [0.2, 0.25) is 0 Å². The van der Waals surface area contributed by atoms with Crippen LogP contribution in [0.5, 0.6) is 11.5 Å². The van der Waals surface area contributed by atoms with E-state index in [0.717, 1.165) is 17.1 Å². The van der Waals surface area contributed by atoms with Crippen molar-refractivity contribution in [2.75, 3.05) is 12.4 Å². The van der Waals surface area contributed by atoms with Crippen LogP contribution < -0.4 is 14.8 Å². The maximum absolute atomic E-state index is 12.6. The van der Waals surface area contributed by atoms with E-state index in [1.54, 1.807) is 31.4 Å². The van der Waals surface area contributed by atoms with E-state index in [0.29, 0.717) is 17.0 Å². The first-order valence-corrected chi connectivity index (χ1v) is 8.24. The number of methoxy groups -OCH3 is 1. The number of aromatic nitrogens is 1. The summed E-state index contributed by atoms with van der Waals surface area (Å²) < 4.78 is 16.0. The van der Waals surface area contributed by atoms with Crippen LogP contribution >= 0.6 is 0 Å². The van der Waals surface area contributed by atoms with Crippen molar-refractivity contribution in [2.45, 2.75) is 20.0 Å². The first-order chi connectivity index (χ1) is 12.6. The average Bonchev–Trinajstić information content (AvgIpc) is 3.13. The van der Waals surface area contributed by atoms with E-state index in [-0.39, 0.29) is 12.0 Å². The molecule has 3 aromatic rings. The Bertz CT molecular complexity index is 868. The van der Waals surface area contributed by atoms with Gasteiger partial charge in [0, 0.05) is 11.3 Å². The van der Waals surface area contributed by atoms with Gasteiger partial charge in [0.15, 0.2) is 5.76 Å². The first-order valence-electron chi connectivity index (χ1n) is 8.24. The number of rotatable bonds is 6. The molecule has 0 aliphatic heterocycles. The minimum Gasteiger partial charge on any atom is -0.497 e. The molecule has 1 amide bonds. The van der Waals surface area contributed by atoms with Crippen LogP contribution in [0, 0.1) is 0 Å². The van der Waals surface area contributed by atoms with Crippen molar-refractivity contribution in [3.63, 3.8) is 0 Å². The fourth-order valence-electron chi connectivity index (χ4n) is 2.44. The molecule has 6 heteroatoms. The third-order valence-electron chi connectivity index (χ3n) is 3.65. The van der Waals surface area contributed by atoms with Gasteiger partial charge in [-0.25, -0.2) is 0 Å². The van der Waals surface area contributed by atoms with Gasteiger partial charge in [0.1, 0.15) is 17.1 Å². The Labute approximate surface area is 151 Å². The summed E-state index contributed by atoms with van der Waals surface area (Å²) in [6.45, 7) is 3.92. The topological polar surface area (TPSA) is 73.6 Å². The number of carbonyl (C=O) groups is 1. The second-order valence-electron chi connectivity index (χ2n) is 5.94. The van der Waals surface area contributed by atoms with E-state index in [9.17, 15) is 4.79 Å². The lowest BCUT2D eigenvalue weighted by molar-refractivity contribution is 0.102. The molecule has 1 N–H and O–H groups in total. The van der Waals surface area contributed by atoms with Crippen LogP contribution in [0.15, 0.2) is 59.3 Å². The van der Waals surface area contributed by atoms with Gasteiger partial charge in [0.25, 0.3) is 5.91 Å². The smallest absolute Gasteiger partial charge is 0.261 e. The molecule has 3 rings (SSSR count). The summed E-state index contributed by atoms with van der Waals surface area (Å²) in [6, 6.07) is 14.4. The van der Waals surface area contributed by atoms with Crippen molar-refractivity contribution >= 4 is 11.6 Å². The molecule has 0 saturated heterocycles. The van der Waals surface area contributed by atoms with Crippen molar-refractivity contribution in [1.29, 1.82) is 0 Å². The molecule has 0 aliphatic carbocycles. The molecule has 0 atom stereocenters. The molecule has 0 unspecified atom stereocenters. The van der Waals surface area contributed by atoms with Crippen LogP contribution in [0.4, 0.5) is 5.69 Å². The maximum Gasteiger partial charge on any atom is 0.261 e. The SMILES string of the molecule is COc1ccc(-c2oncc2C(=O)Nc2ccc(OC(C)C)cc2)cc1. The zero-order valence-electron chi connectivity index (χ0n) is 14.9. The molecule has 134 valence electrons. The van der Waals surface area contributed by atoms with Crippen LogP contribution in [-0.2, 0) is 0 Å². The van der Waals surface area contributed by atoms with Crippen LogP contribution in [-0.4, -0.2) is 24.3 Å². The zero-order chi connectivity index (χ0) is 18.5. The van der Waals surface area contributed by atoms with Gasteiger partial charge in [-0.3, -0.25) is 4.79 Å². The summed E-state index contributed by atoms with van der Waals surface area (Å²) in [5, 5.41) is 6.60. The lowest BCUT2D eigenvalue weighted by atomic mass is 10.1. The van der Waals surface area contributed by atoms with E-state index >= 15 is 0 Å². The van der Waals surface area contributed by atoms with E-state index in [2.05, 4.69) is 10.5 Å². The lowest BCUT2D eigenvalue weighted by Crippen LogP contribution is -2.12. The number of benzene rings is 2. The van der Waals surface area contributed by atoms with Gasteiger partial charge in [0.05, 0.1) is 19.4 Å². The van der Waals surface area contributed by atoms with E-state index in [1.165, 1.54) is 6.20 Å². The third-order valence-corrected chi connectivity index (χ3v) is 3.65. The molecule has 0 bridgehead atoms. The molecule has 6 nitrogen and oxygen atoms in total. The third kappa shape index (κ3) is 4.03. The highest BCUT2D eigenvalue weighted by molar-refractivity contribution is 6.07. The van der Waals surface area contributed by atoms with Crippen LogP contribution in [0.2, 0.25) is 0 Å². The summed E-state index contributed by atoms with van der Waals surface area (Å²) in [7, 11) is 1.60.